The fourth-order valence-corrected chi connectivity index (χ4v) is 3.99. The van der Waals surface area contributed by atoms with Crippen molar-refractivity contribution in [2.24, 2.45) is 0 Å². The molecule has 0 aliphatic rings. The standard InChI is InChI=1S/C36H30O8/c1-3-33(37)42-23-26-7-13-30(14-8-26)35(39)41-22-21-25-5-11-28(12-6-25)29-15-17-31(18-16-29)36(40)44-32-19-9-27(10-20-32)24-43-34(38)4-2/h3-20H,1-2,21-24H2. The molecule has 0 heterocycles. The van der Waals surface area contributed by atoms with E-state index in [1.54, 1.807) is 60.7 Å². The SMILES string of the molecule is C=CC(=O)OCc1ccc(OC(=O)c2ccc(-c3ccc(CCOC(=O)c4ccc(COC(=O)C=C)cc4)cc3)cc2)cc1. The summed E-state index contributed by atoms with van der Waals surface area (Å²) in [6.07, 6.45) is 2.74. The van der Waals surface area contributed by atoms with Crippen molar-refractivity contribution in [2.75, 3.05) is 6.61 Å². The molecule has 4 aromatic carbocycles. The molecule has 4 aromatic rings. The van der Waals surface area contributed by atoms with Crippen molar-refractivity contribution in [3.05, 3.63) is 150 Å². The number of esters is 4. The van der Waals surface area contributed by atoms with Gasteiger partial charge in [-0.25, -0.2) is 19.2 Å². The lowest BCUT2D eigenvalue weighted by atomic mass is 10.0. The number of rotatable bonds is 13. The van der Waals surface area contributed by atoms with E-state index in [1.807, 2.05) is 36.4 Å². The molecule has 44 heavy (non-hydrogen) atoms. The first-order chi connectivity index (χ1) is 21.3. The van der Waals surface area contributed by atoms with Crippen LogP contribution in [0.5, 0.6) is 5.75 Å². The summed E-state index contributed by atoms with van der Waals surface area (Å²) in [6.45, 7) is 7.12. The van der Waals surface area contributed by atoms with Gasteiger partial charge in [0.15, 0.2) is 0 Å². The number of benzene rings is 4. The number of carbonyl (C=O) groups excluding carboxylic acids is 4. The summed E-state index contributed by atoms with van der Waals surface area (Å²) < 4.78 is 20.8. The van der Waals surface area contributed by atoms with Gasteiger partial charge in [-0.3, -0.25) is 0 Å². The maximum Gasteiger partial charge on any atom is 0.343 e. The Kier molecular flexibility index (Phi) is 11.0. The molecule has 0 aliphatic heterocycles. The van der Waals surface area contributed by atoms with E-state index in [0.717, 1.165) is 40.0 Å². The van der Waals surface area contributed by atoms with E-state index in [-0.39, 0.29) is 19.8 Å². The highest BCUT2D eigenvalue weighted by molar-refractivity contribution is 5.91. The van der Waals surface area contributed by atoms with Gasteiger partial charge in [0.25, 0.3) is 0 Å². The molecule has 0 radical (unpaired) electrons. The third kappa shape index (κ3) is 9.12. The van der Waals surface area contributed by atoms with Crippen molar-refractivity contribution in [1.29, 1.82) is 0 Å². The quantitative estimate of drug-likeness (QED) is 0.0759. The van der Waals surface area contributed by atoms with Crippen LogP contribution in [0, 0.1) is 0 Å². The topological polar surface area (TPSA) is 105 Å². The molecular weight excluding hydrogens is 560 g/mol. The van der Waals surface area contributed by atoms with Crippen LogP contribution in [0.3, 0.4) is 0 Å². The monoisotopic (exact) mass is 590 g/mol. The fraction of sp³-hybridized carbons (Fsp3) is 0.111. The van der Waals surface area contributed by atoms with E-state index in [1.165, 1.54) is 0 Å². The minimum atomic E-state index is -0.509. The zero-order valence-electron chi connectivity index (χ0n) is 23.9. The van der Waals surface area contributed by atoms with Gasteiger partial charge in [-0.05, 0) is 64.2 Å². The first-order valence-electron chi connectivity index (χ1n) is 13.7. The molecule has 0 aliphatic carbocycles. The highest BCUT2D eigenvalue weighted by Gasteiger charge is 2.11. The van der Waals surface area contributed by atoms with Crippen LogP contribution in [0.2, 0.25) is 0 Å². The largest absolute Gasteiger partial charge is 0.462 e. The van der Waals surface area contributed by atoms with E-state index in [4.69, 9.17) is 18.9 Å². The van der Waals surface area contributed by atoms with Crippen LogP contribution in [0.4, 0.5) is 0 Å². The van der Waals surface area contributed by atoms with Crippen LogP contribution in [0.15, 0.2) is 122 Å². The third-order valence-electron chi connectivity index (χ3n) is 6.45. The molecule has 0 bridgehead atoms. The molecule has 4 rings (SSSR count). The lowest BCUT2D eigenvalue weighted by Crippen LogP contribution is -2.08. The molecule has 0 spiro atoms. The van der Waals surface area contributed by atoms with Crippen LogP contribution in [0.1, 0.15) is 37.4 Å². The lowest BCUT2D eigenvalue weighted by Gasteiger charge is -2.08. The van der Waals surface area contributed by atoms with E-state index in [2.05, 4.69) is 13.2 Å². The molecule has 8 nitrogen and oxygen atoms in total. The molecular formula is C36H30O8. The van der Waals surface area contributed by atoms with Gasteiger partial charge in [-0.2, -0.15) is 0 Å². The van der Waals surface area contributed by atoms with Crippen LogP contribution in [0.25, 0.3) is 11.1 Å². The smallest absolute Gasteiger partial charge is 0.343 e. The van der Waals surface area contributed by atoms with Crippen molar-refractivity contribution >= 4 is 23.9 Å². The van der Waals surface area contributed by atoms with Gasteiger partial charge in [-0.1, -0.05) is 73.8 Å². The van der Waals surface area contributed by atoms with Gasteiger partial charge in [0, 0.05) is 18.6 Å². The average molecular weight is 591 g/mol. The maximum absolute atomic E-state index is 12.6. The minimum Gasteiger partial charge on any atom is -0.462 e. The number of hydrogen-bond acceptors (Lipinski definition) is 8. The zero-order chi connectivity index (χ0) is 31.3. The summed E-state index contributed by atoms with van der Waals surface area (Å²) in [4.78, 5) is 47.3. The second kappa shape index (κ2) is 15.5. The van der Waals surface area contributed by atoms with Crippen molar-refractivity contribution in [3.63, 3.8) is 0 Å². The fourth-order valence-electron chi connectivity index (χ4n) is 3.99. The molecule has 0 unspecified atom stereocenters. The Hall–Kier alpha value is -5.76. The maximum atomic E-state index is 12.6. The third-order valence-corrected chi connectivity index (χ3v) is 6.45. The van der Waals surface area contributed by atoms with Gasteiger partial charge in [-0.15, -0.1) is 0 Å². The molecule has 8 heteroatoms. The Balaban J connectivity index is 1.23. The number of hydrogen-bond donors (Lipinski definition) is 0. The molecule has 0 saturated heterocycles. The van der Waals surface area contributed by atoms with Crippen LogP contribution < -0.4 is 4.74 Å². The molecule has 0 atom stereocenters. The Bertz CT molecular complexity index is 1620. The van der Waals surface area contributed by atoms with Crippen molar-refractivity contribution in [1.82, 2.24) is 0 Å². The molecule has 222 valence electrons. The molecule has 0 fully saturated rings. The van der Waals surface area contributed by atoms with Crippen molar-refractivity contribution < 1.29 is 38.1 Å². The number of ether oxygens (including phenoxy) is 4. The first kappa shape index (κ1) is 31.2. The summed E-state index contributed by atoms with van der Waals surface area (Å²) >= 11 is 0. The second-order valence-electron chi connectivity index (χ2n) is 9.51. The minimum absolute atomic E-state index is 0.0993. The molecule has 0 saturated carbocycles. The second-order valence-corrected chi connectivity index (χ2v) is 9.51. The summed E-state index contributed by atoms with van der Waals surface area (Å²) in [5.41, 5.74) is 5.23. The Morgan fingerprint density at radius 2 is 0.955 bits per heavy atom. The highest BCUT2D eigenvalue weighted by Crippen LogP contribution is 2.22. The van der Waals surface area contributed by atoms with Crippen molar-refractivity contribution in [3.8, 4) is 16.9 Å². The van der Waals surface area contributed by atoms with Gasteiger partial charge < -0.3 is 18.9 Å². The van der Waals surface area contributed by atoms with Crippen LogP contribution in [-0.4, -0.2) is 30.5 Å². The summed E-state index contributed by atoms with van der Waals surface area (Å²) in [5.74, 6) is -1.56. The molecule has 0 aromatic heterocycles. The Labute approximate surface area is 255 Å². The lowest BCUT2D eigenvalue weighted by molar-refractivity contribution is -0.139. The average Bonchev–Trinajstić information content (AvgIpc) is 3.07. The van der Waals surface area contributed by atoms with E-state index < -0.39 is 23.9 Å². The van der Waals surface area contributed by atoms with Crippen LogP contribution >= 0.6 is 0 Å². The summed E-state index contributed by atoms with van der Waals surface area (Å²) in [5, 5.41) is 0. The van der Waals surface area contributed by atoms with Gasteiger partial charge >= 0.3 is 23.9 Å². The first-order valence-corrected chi connectivity index (χ1v) is 13.7. The zero-order valence-corrected chi connectivity index (χ0v) is 23.9. The highest BCUT2D eigenvalue weighted by atomic mass is 16.5. The number of carbonyl (C=O) groups is 4. The van der Waals surface area contributed by atoms with E-state index in [9.17, 15) is 19.2 Å². The van der Waals surface area contributed by atoms with E-state index in [0.29, 0.717) is 23.3 Å². The van der Waals surface area contributed by atoms with Crippen molar-refractivity contribution in [2.45, 2.75) is 19.6 Å². The Morgan fingerprint density at radius 1 is 0.523 bits per heavy atom. The summed E-state index contributed by atoms with van der Waals surface area (Å²) in [7, 11) is 0. The normalized spacial score (nSPS) is 10.3. The Morgan fingerprint density at radius 3 is 1.48 bits per heavy atom. The van der Waals surface area contributed by atoms with Gasteiger partial charge in [0.1, 0.15) is 19.0 Å². The van der Waals surface area contributed by atoms with Crippen LogP contribution in [-0.2, 0) is 43.4 Å². The predicted molar refractivity (Wildman–Crippen MR) is 164 cm³/mol. The van der Waals surface area contributed by atoms with E-state index >= 15 is 0 Å². The summed E-state index contributed by atoms with van der Waals surface area (Å²) in [6, 6.07) is 28.3. The van der Waals surface area contributed by atoms with Gasteiger partial charge in [0.2, 0.25) is 0 Å². The van der Waals surface area contributed by atoms with Gasteiger partial charge in [0.05, 0.1) is 17.7 Å². The predicted octanol–water partition coefficient (Wildman–Crippen LogP) is 6.43. The molecule has 0 N–H and O–H groups in total. The molecule has 0 amide bonds.